The number of anilines is 2. The molecular weight excluding hydrogens is 341 g/mol. The highest BCUT2D eigenvalue weighted by atomic mass is 35.5. The zero-order valence-corrected chi connectivity index (χ0v) is 13.1. The van der Waals surface area contributed by atoms with Crippen molar-refractivity contribution in [1.29, 1.82) is 0 Å². The van der Waals surface area contributed by atoms with Crippen molar-refractivity contribution in [3.05, 3.63) is 58.1 Å². The van der Waals surface area contributed by atoms with E-state index in [1.807, 2.05) is 0 Å². The summed E-state index contributed by atoms with van der Waals surface area (Å²) in [4.78, 5) is 34.7. The number of carbonyl (C=O) groups excluding carboxylic acids is 3. The van der Waals surface area contributed by atoms with E-state index in [1.165, 1.54) is 36.4 Å². The third-order valence-corrected chi connectivity index (χ3v) is 3.37. The summed E-state index contributed by atoms with van der Waals surface area (Å²) in [6.45, 7) is 0. The summed E-state index contributed by atoms with van der Waals surface area (Å²) < 4.78 is 0. The molecule has 6 nitrogen and oxygen atoms in total. The van der Waals surface area contributed by atoms with Crippen LogP contribution in [-0.2, 0) is 9.59 Å². The molecule has 0 radical (unpaired) electrons. The van der Waals surface area contributed by atoms with Gasteiger partial charge in [-0.2, -0.15) is 0 Å². The Labute approximate surface area is 141 Å². The number of carbonyl (C=O) groups is 3. The fourth-order valence-corrected chi connectivity index (χ4v) is 2.01. The van der Waals surface area contributed by atoms with Crippen LogP contribution in [0, 0.1) is 0 Å². The third-order valence-electron chi connectivity index (χ3n) is 2.81. The number of hydrogen-bond acceptors (Lipinski definition) is 3. The SMILES string of the molecule is NC(=O)c1ccc(NC(=O)C(=O)Nc2cc(Cl)ccc2Cl)cc1. The minimum Gasteiger partial charge on any atom is -0.366 e. The molecule has 0 aromatic heterocycles. The van der Waals surface area contributed by atoms with Crippen molar-refractivity contribution in [1.82, 2.24) is 0 Å². The first kappa shape index (κ1) is 16.8. The van der Waals surface area contributed by atoms with Gasteiger partial charge in [-0.3, -0.25) is 14.4 Å². The molecular formula is C15H11Cl2N3O3. The first-order valence-electron chi connectivity index (χ1n) is 6.34. The Morgan fingerprint density at radius 2 is 1.48 bits per heavy atom. The second kappa shape index (κ2) is 7.13. The second-order valence-electron chi connectivity index (χ2n) is 4.47. The molecule has 2 aromatic carbocycles. The highest BCUT2D eigenvalue weighted by molar-refractivity contribution is 6.45. The van der Waals surface area contributed by atoms with Gasteiger partial charge < -0.3 is 16.4 Å². The molecule has 0 heterocycles. The van der Waals surface area contributed by atoms with Crippen molar-refractivity contribution in [3.8, 4) is 0 Å². The lowest BCUT2D eigenvalue weighted by Crippen LogP contribution is -2.29. The lowest BCUT2D eigenvalue weighted by molar-refractivity contribution is -0.132. The maximum atomic E-state index is 11.9. The predicted octanol–water partition coefficient (Wildman–Crippen LogP) is 2.67. The zero-order valence-electron chi connectivity index (χ0n) is 11.6. The Balaban J connectivity index is 2.03. The number of benzene rings is 2. The fourth-order valence-electron chi connectivity index (χ4n) is 1.68. The highest BCUT2D eigenvalue weighted by Gasteiger charge is 2.15. The van der Waals surface area contributed by atoms with Gasteiger partial charge in [0.15, 0.2) is 0 Å². The monoisotopic (exact) mass is 351 g/mol. The summed E-state index contributed by atoms with van der Waals surface area (Å²) in [7, 11) is 0. The first-order chi connectivity index (χ1) is 10.9. The average molecular weight is 352 g/mol. The van der Waals surface area contributed by atoms with Crippen LogP contribution in [0.4, 0.5) is 11.4 Å². The lowest BCUT2D eigenvalue weighted by atomic mass is 10.2. The van der Waals surface area contributed by atoms with Crippen molar-refractivity contribution >= 4 is 52.3 Å². The Bertz CT molecular complexity index is 776. The number of hydrogen-bond donors (Lipinski definition) is 3. The van der Waals surface area contributed by atoms with E-state index in [1.54, 1.807) is 6.07 Å². The van der Waals surface area contributed by atoms with Crippen molar-refractivity contribution < 1.29 is 14.4 Å². The van der Waals surface area contributed by atoms with Crippen molar-refractivity contribution in [2.75, 3.05) is 10.6 Å². The predicted molar refractivity (Wildman–Crippen MR) is 88.7 cm³/mol. The van der Waals surface area contributed by atoms with E-state index in [-0.39, 0.29) is 16.3 Å². The molecule has 3 amide bonds. The standard InChI is InChI=1S/C15H11Cl2N3O3/c16-9-3-6-11(17)12(7-9)20-15(23)14(22)19-10-4-1-8(2-5-10)13(18)21/h1-7H,(H2,18,21)(H,19,22)(H,20,23). The van der Waals surface area contributed by atoms with Gasteiger partial charge in [-0.1, -0.05) is 23.2 Å². The summed E-state index contributed by atoms with van der Waals surface area (Å²) in [6, 6.07) is 10.3. The Morgan fingerprint density at radius 3 is 2.09 bits per heavy atom. The van der Waals surface area contributed by atoms with Gasteiger partial charge in [0.05, 0.1) is 10.7 Å². The van der Waals surface area contributed by atoms with Gasteiger partial charge in [0.1, 0.15) is 0 Å². The number of primary amides is 1. The van der Waals surface area contributed by atoms with Crippen LogP contribution in [0.3, 0.4) is 0 Å². The third kappa shape index (κ3) is 4.45. The number of nitrogens with two attached hydrogens (primary N) is 1. The number of nitrogens with one attached hydrogen (secondary N) is 2. The number of rotatable bonds is 3. The van der Waals surface area contributed by atoms with E-state index in [4.69, 9.17) is 28.9 Å². The van der Waals surface area contributed by atoms with Crippen LogP contribution in [0.1, 0.15) is 10.4 Å². The molecule has 2 aromatic rings. The number of halogens is 2. The van der Waals surface area contributed by atoms with Crippen LogP contribution in [0.15, 0.2) is 42.5 Å². The van der Waals surface area contributed by atoms with E-state index >= 15 is 0 Å². The van der Waals surface area contributed by atoms with E-state index in [9.17, 15) is 14.4 Å². The molecule has 0 atom stereocenters. The van der Waals surface area contributed by atoms with Crippen LogP contribution >= 0.6 is 23.2 Å². The van der Waals surface area contributed by atoms with Crippen LogP contribution in [0.2, 0.25) is 10.0 Å². The van der Waals surface area contributed by atoms with E-state index in [2.05, 4.69) is 10.6 Å². The van der Waals surface area contributed by atoms with Gasteiger partial charge in [-0.25, -0.2) is 0 Å². The molecule has 23 heavy (non-hydrogen) atoms. The van der Waals surface area contributed by atoms with Crippen LogP contribution in [0.5, 0.6) is 0 Å². The zero-order chi connectivity index (χ0) is 17.0. The molecule has 2 rings (SSSR count). The van der Waals surface area contributed by atoms with E-state index in [0.29, 0.717) is 10.7 Å². The molecule has 0 aliphatic heterocycles. The van der Waals surface area contributed by atoms with E-state index in [0.717, 1.165) is 0 Å². The van der Waals surface area contributed by atoms with Gasteiger partial charge in [0.25, 0.3) is 0 Å². The van der Waals surface area contributed by atoms with Crippen molar-refractivity contribution in [3.63, 3.8) is 0 Å². The van der Waals surface area contributed by atoms with Gasteiger partial charge >= 0.3 is 11.8 Å². The maximum absolute atomic E-state index is 11.9. The second-order valence-corrected chi connectivity index (χ2v) is 5.32. The smallest absolute Gasteiger partial charge is 0.314 e. The normalized spacial score (nSPS) is 10.0. The minimum absolute atomic E-state index is 0.225. The van der Waals surface area contributed by atoms with Crippen molar-refractivity contribution in [2.24, 2.45) is 5.73 Å². The molecule has 0 spiro atoms. The molecule has 8 heteroatoms. The summed E-state index contributed by atoms with van der Waals surface area (Å²) >= 11 is 11.7. The molecule has 4 N–H and O–H groups in total. The molecule has 0 aliphatic carbocycles. The van der Waals surface area contributed by atoms with Crippen molar-refractivity contribution in [2.45, 2.75) is 0 Å². The van der Waals surface area contributed by atoms with Gasteiger partial charge in [0, 0.05) is 16.3 Å². The largest absolute Gasteiger partial charge is 0.366 e. The average Bonchev–Trinajstić information content (AvgIpc) is 2.51. The van der Waals surface area contributed by atoms with Crippen LogP contribution in [0.25, 0.3) is 0 Å². The molecule has 118 valence electrons. The molecule has 0 bridgehead atoms. The summed E-state index contributed by atoms with van der Waals surface area (Å²) in [5.74, 6) is -2.39. The fraction of sp³-hybridized carbons (Fsp3) is 0. The minimum atomic E-state index is -0.909. The maximum Gasteiger partial charge on any atom is 0.314 e. The first-order valence-corrected chi connectivity index (χ1v) is 7.09. The molecule has 0 fully saturated rings. The molecule has 0 aliphatic rings. The quantitative estimate of drug-likeness (QED) is 0.740. The van der Waals surface area contributed by atoms with Crippen LogP contribution < -0.4 is 16.4 Å². The Hall–Kier alpha value is -2.57. The summed E-state index contributed by atoms with van der Waals surface area (Å²) in [5, 5.41) is 5.36. The molecule has 0 unspecified atom stereocenters. The summed E-state index contributed by atoms with van der Waals surface area (Å²) in [6.07, 6.45) is 0. The lowest BCUT2D eigenvalue weighted by Gasteiger charge is -2.08. The number of amides is 3. The topological polar surface area (TPSA) is 101 Å². The van der Waals surface area contributed by atoms with Gasteiger partial charge in [-0.05, 0) is 42.5 Å². The highest BCUT2D eigenvalue weighted by Crippen LogP contribution is 2.25. The summed E-state index contributed by atoms with van der Waals surface area (Å²) in [5.41, 5.74) is 5.97. The Morgan fingerprint density at radius 1 is 0.870 bits per heavy atom. The van der Waals surface area contributed by atoms with E-state index < -0.39 is 17.7 Å². The van der Waals surface area contributed by atoms with Gasteiger partial charge in [-0.15, -0.1) is 0 Å². The molecule has 0 saturated heterocycles. The molecule has 0 saturated carbocycles. The Kier molecular flexibility index (Phi) is 5.20. The van der Waals surface area contributed by atoms with Gasteiger partial charge in [0.2, 0.25) is 5.91 Å². The van der Waals surface area contributed by atoms with Crippen LogP contribution in [-0.4, -0.2) is 17.7 Å².